The van der Waals surface area contributed by atoms with E-state index in [1.807, 2.05) is 16.7 Å². The molecule has 0 unspecified atom stereocenters. The number of nitrogens with one attached hydrogen (secondary N) is 2. The molecule has 1 aromatic heterocycles. The number of carbonyl (C=O) groups excluding carboxylic acids is 2. The van der Waals surface area contributed by atoms with Crippen LogP contribution in [0.15, 0.2) is 42.1 Å². The third-order valence-corrected chi connectivity index (χ3v) is 5.07. The molecule has 27 heavy (non-hydrogen) atoms. The predicted octanol–water partition coefficient (Wildman–Crippen LogP) is 2.27. The number of carbonyl (C=O) groups is 2. The van der Waals surface area contributed by atoms with Crippen LogP contribution < -0.4 is 10.6 Å². The Balaban J connectivity index is 1.58. The first-order valence-electron chi connectivity index (χ1n) is 8.55. The number of rotatable bonds is 9. The zero-order valence-corrected chi connectivity index (χ0v) is 16.2. The summed E-state index contributed by atoms with van der Waals surface area (Å²) < 4.78 is 1.88. The largest absolute Gasteiger partial charge is 0.352 e. The van der Waals surface area contributed by atoms with Gasteiger partial charge in [0.25, 0.3) is 0 Å². The predicted molar refractivity (Wildman–Crippen MR) is 106 cm³/mol. The Morgan fingerprint density at radius 1 is 1.26 bits per heavy atom. The van der Waals surface area contributed by atoms with Gasteiger partial charge in [0.1, 0.15) is 0 Å². The van der Waals surface area contributed by atoms with Crippen molar-refractivity contribution in [1.82, 2.24) is 25.4 Å². The SMILES string of the molecule is C=CCn1c(SCC(=O)NCC(=O)NC2CC2)nnc1-c1ccc(Cl)cc1. The normalized spacial score (nSPS) is 13.2. The zero-order valence-electron chi connectivity index (χ0n) is 14.7. The maximum Gasteiger partial charge on any atom is 0.239 e. The number of benzene rings is 1. The van der Waals surface area contributed by atoms with E-state index in [0.717, 1.165) is 18.4 Å². The molecule has 0 atom stereocenters. The highest BCUT2D eigenvalue weighted by atomic mass is 35.5. The molecule has 0 aliphatic heterocycles. The standard InChI is InChI=1S/C18H20ClN5O2S/c1-2-9-24-17(12-3-5-13(19)6-4-12)22-23-18(24)27-11-16(26)20-10-15(25)21-14-7-8-14/h2-6,14H,1,7-11H2,(H,20,26)(H,21,25). The Bertz CT molecular complexity index is 833. The molecule has 1 saturated carbocycles. The summed E-state index contributed by atoms with van der Waals surface area (Å²) in [5.74, 6) is 0.438. The maximum absolute atomic E-state index is 12.0. The van der Waals surface area contributed by atoms with Crippen molar-refractivity contribution in [3.63, 3.8) is 0 Å². The van der Waals surface area contributed by atoms with E-state index in [0.29, 0.717) is 22.5 Å². The van der Waals surface area contributed by atoms with Crippen molar-refractivity contribution in [3.8, 4) is 11.4 Å². The quantitative estimate of drug-likeness (QED) is 0.493. The van der Waals surface area contributed by atoms with Crippen LogP contribution in [0.2, 0.25) is 5.02 Å². The smallest absolute Gasteiger partial charge is 0.239 e. The molecule has 1 aliphatic carbocycles. The fourth-order valence-corrected chi connectivity index (χ4v) is 3.27. The summed E-state index contributed by atoms with van der Waals surface area (Å²) in [6.07, 6.45) is 3.78. The first-order valence-corrected chi connectivity index (χ1v) is 9.92. The van der Waals surface area contributed by atoms with E-state index in [4.69, 9.17) is 11.6 Å². The van der Waals surface area contributed by atoms with Crippen molar-refractivity contribution in [2.45, 2.75) is 30.6 Å². The molecule has 0 spiro atoms. The van der Waals surface area contributed by atoms with Gasteiger partial charge in [0.2, 0.25) is 11.8 Å². The number of nitrogens with zero attached hydrogens (tertiary/aromatic N) is 3. The van der Waals surface area contributed by atoms with Gasteiger partial charge in [-0.1, -0.05) is 29.4 Å². The highest BCUT2D eigenvalue weighted by Gasteiger charge is 2.23. The first kappa shape index (κ1) is 19.4. The van der Waals surface area contributed by atoms with E-state index < -0.39 is 0 Å². The van der Waals surface area contributed by atoms with Crippen LogP contribution in [-0.2, 0) is 16.1 Å². The van der Waals surface area contributed by atoms with Crippen LogP contribution >= 0.6 is 23.4 Å². The summed E-state index contributed by atoms with van der Waals surface area (Å²) in [4.78, 5) is 23.6. The molecular formula is C18H20ClN5O2S. The molecular weight excluding hydrogens is 386 g/mol. The van der Waals surface area contributed by atoms with Gasteiger partial charge in [0, 0.05) is 23.2 Å². The number of hydrogen-bond donors (Lipinski definition) is 2. The van der Waals surface area contributed by atoms with Crippen LogP contribution in [-0.4, -0.2) is 44.9 Å². The van der Waals surface area contributed by atoms with Gasteiger partial charge in [-0.15, -0.1) is 16.8 Å². The number of allylic oxidation sites excluding steroid dienone is 1. The summed E-state index contributed by atoms with van der Waals surface area (Å²) in [5, 5.41) is 15.1. The summed E-state index contributed by atoms with van der Waals surface area (Å²) in [6.45, 7) is 4.27. The lowest BCUT2D eigenvalue weighted by Crippen LogP contribution is -2.38. The Kier molecular flexibility index (Phi) is 6.52. The summed E-state index contributed by atoms with van der Waals surface area (Å²) in [5.41, 5.74) is 0.877. The van der Waals surface area contributed by atoms with E-state index >= 15 is 0 Å². The summed E-state index contributed by atoms with van der Waals surface area (Å²) >= 11 is 7.20. The Morgan fingerprint density at radius 2 is 2.00 bits per heavy atom. The molecule has 1 heterocycles. The van der Waals surface area contributed by atoms with E-state index in [-0.39, 0.29) is 30.2 Å². The second-order valence-electron chi connectivity index (χ2n) is 6.12. The molecule has 0 bridgehead atoms. The van der Waals surface area contributed by atoms with E-state index in [9.17, 15) is 9.59 Å². The fourth-order valence-electron chi connectivity index (χ4n) is 2.37. The summed E-state index contributed by atoms with van der Waals surface area (Å²) in [6, 6.07) is 7.59. The van der Waals surface area contributed by atoms with E-state index in [1.165, 1.54) is 11.8 Å². The molecule has 1 aliphatic rings. The lowest BCUT2D eigenvalue weighted by molar-refractivity contribution is -0.124. The van der Waals surface area contributed by atoms with Crippen LogP contribution in [0, 0.1) is 0 Å². The van der Waals surface area contributed by atoms with Gasteiger partial charge >= 0.3 is 0 Å². The second kappa shape index (κ2) is 9.05. The van der Waals surface area contributed by atoms with Crippen LogP contribution in [0.5, 0.6) is 0 Å². The summed E-state index contributed by atoms with van der Waals surface area (Å²) in [7, 11) is 0. The zero-order chi connectivity index (χ0) is 19.2. The highest BCUT2D eigenvalue weighted by Crippen LogP contribution is 2.25. The third kappa shape index (κ3) is 5.58. The monoisotopic (exact) mass is 405 g/mol. The molecule has 1 aromatic carbocycles. The number of aromatic nitrogens is 3. The first-order chi connectivity index (χ1) is 13.1. The van der Waals surface area contributed by atoms with Gasteiger partial charge in [0.15, 0.2) is 11.0 Å². The second-order valence-corrected chi connectivity index (χ2v) is 7.50. The van der Waals surface area contributed by atoms with Crippen LogP contribution in [0.1, 0.15) is 12.8 Å². The van der Waals surface area contributed by atoms with Crippen LogP contribution in [0.4, 0.5) is 0 Å². The third-order valence-electron chi connectivity index (χ3n) is 3.85. The molecule has 142 valence electrons. The van der Waals surface area contributed by atoms with Gasteiger partial charge in [-0.25, -0.2) is 0 Å². The van der Waals surface area contributed by atoms with E-state index in [2.05, 4.69) is 27.4 Å². The molecule has 7 nitrogen and oxygen atoms in total. The molecule has 1 fully saturated rings. The average molecular weight is 406 g/mol. The Labute approximate surface area is 166 Å². The number of thioether (sulfide) groups is 1. The molecule has 0 saturated heterocycles. The molecule has 2 amide bonds. The molecule has 2 aromatic rings. The van der Waals surface area contributed by atoms with Crippen molar-refractivity contribution in [2.24, 2.45) is 0 Å². The van der Waals surface area contributed by atoms with Gasteiger partial charge in [-0.05, 0) is 37.1 Å². The molecule has 3 rings (SSSR count). The van der Waals surface area contributed by atoms with Gasteiger partial charge in [-0.2, -0.15) is 0 Å². The number of halogens is 1. The van der Waals surface area contributed by atoms with Crippen molar-refractivity contribution < 1.29 is 9.59 Å². The minimum Gasteiger partial charge on any atom is -0.352 e. The lowest BCUT2D eigenvalue weighted by atomic mass is 10.2. The van der Waals surface area contributed by atoms with Gasteiger partial charge in [0.05, 0.1) is 12.3 Å². The lowest BCUT2D eigenvalue weighted by Gasteiger charge is -2.08. The molecule has 2 N–H and O–H groups in total. The van der Waals surface area contributed by atoms with Gasteiger partial charge < -0.3 is 10.6 Å². The van der Waals surface area contributed by atoms with Crippen molar-refractivity contribution in [3.05, 3.63) is 41.9 Å². The van der Waals surface area contributed by atoms with Crippen molar-refractivity contribution in [1.29, 1.82) is 0 Å². The average Bonchev–Trinajstić information content (AvgIpc) is 3.38. The van der Waals surface area contributed by atoms with E-state index in [1.54, 1.807) is 18.2 Å². The minimum atomic E-state index is -0.229. The topological polar surface area (TPSA) is 88.9 Å². The Hall–Kier alpha value is -2.32. The van der Waals surface area contributed by atoms with Crippen molar-refractivity contribution >= 4 is 35.2 Å². The fraction of sp³-hybridized carbons (Fsp3) is 0.333. The minimum absolute atomic E-state index is 0.00866. The maximum atomic E-state index is 12.0. The molecule has 0 radical (unpaired) electrons. The van der Waals surface area contributed by atoms with Crippen molar-refractivity contribution in [2.75, 3.05) is 12.3 Å². The highest BCUT2D eigenvalue weighted by molar-refractivity contribution is 7.99. The number of amides is 2. The van der Waals surface area contributed by atoms with Crippen LogP contribution in [0.3, 0.4) is 0 Å². The molecule has 9 heteroatoms. The number of hydrogen-bond acceptors (Lipinski definition) is 5. The van der Waals surface area contributed by atoms with Crippen LogP contribution in [0.25, 0.3) is 11.4 Å². The van der Waals surface area contributed by atoms with Gasteiger partial charge in [-0.3, -0.25) is 14.2 Å². The Morgan fingerprint density at radius 3 is 2.67 bits per heavy atom.